The molecule has 0 aliphatic heterocycles. The molecule has 0 saturated heterocycles. The van der Waals surface area contributed by atoms with Crippen LogP contribution in [0.15, 0.2) is 40.9 Å². The highest BCUT2D eigenvalue weighted by atomic mass is 32.2. The average molecular weight is 338 g/mol. The summed E-state index contributed by atoms with van der Waals surface area (Å²) in [5.41, 5.74) is 0. The van der Waals surface area contributed by atoms with Gasteiger partial charge in [0.15, 0.2) is 0 Å². The molecule has 0 saturated carbocycles. The SMILES string of the molecule is CCC(CSCc1c[nH]c(=S)o1)C(CC)Oc1ccccc1. The summed E-state index contributed by atoms with van der Waals surface area (Å²) in [6.45, 7) is 4.41. The van der Waals surface area contributed by atoms with Crippen LogP contribution in [0.5, 0.6) is 5.75 Å². The molecule has 1 aromatic carbocycles. The first kappa shape index (κ1) is 17.2. The molecule has 0 aliphatic carbocycles. The summed E-state index contributed by atoms with van der Waals surface area (Å²) in [5.74, 6) is 4.27. The van der Waals surface area contributed by atoms with E-state index in [-0.39, 0.29) is 6.10 Å². The monoisotopic (exact) mass is 337 g/mol. The van der Waals surface area contributed by atoms with Crippen molar-refractivity contribution in [2.24, 2.45) is 5.92 Å². The summed E-state index contributed by atoms with van der Waals surface area (Å²) in [6.07, 6.45) is 4.21. The van der Waals surface area contributed by atoms with Gasteiger partial charge in [0.2, 0.25) is 0 Å². The number of H-pyrrole nitrogens is 1. The molecule has 1 aromatic heterocycles. The Hall–Kier alpha value is -1.20. The third-order valence-corrected chi connectivity index (χ3v) is 4.99. The molecule has 3 nitrogen and oxygen atoms in total. The lowest BCUT2D eigenvalue weighted by Crippen LogP contribution is -2.27. The van der Waals surface area contributed by atoms with E-state index in [1.807, 2.05) is 48.3 Å². The third kappa shape index (κ3) is 5.21. The van der Waals surface area contributed by atoms with Crippen LogP contribution >= 0.6 is 24.0 Å². The minimum Gasteiger partial charge on any atom is -0.490 e. The zero-order valence-corrected chi connectivity index (χ0v) is 14.7. The van der Waals surface area contributed by atoms with Gasteiger partial charge in [-0.25, -0.2) is 0 Å². The fraction of sp³-hybridized carbons (Fsp3) is 0.471. The van der Waals surface area contributed by atoms with E-state index in [0.29, 0.717) is 10.8 Å². The Morgan fingerprint density at radius 3 is 2.59 bits per heavy atom. The van der Waals surface area contributed by atoms with Crippen LogP contribution < -0.4 is 4.74 Å². The molecule has 0 aliphatic rings. The first-order valence-electron chi connectivity index (χ1n) is 7.69. The first-order valence-corrected chi connectivity index (χ1v) is 9.26. The van der Waals surface area contributed by atoms with Crippen molar-refractivity contribution in [2.75, 3.05) is 5.75 Å². The van der Waals surface area contributed by atoms with Crippen LogP contribution in [0.2, 0.25) is 0 Å². The van der Waals surface area contributed by atoms with E-state index in [1.165, 1.54) is 0 Å². The van der Waals surface area contributed by atoms with Gasteiger partial charge in [0.1, 0.15) is 17.6 Å². The number of ether oxygens (including phenoxy) is 1. The predicted molar refractivity (Wildman–Crippen MR) is 95.0 cm³/mol. The van der Waals surface area contributed by atoms with Crippen molar-refractivity contribution in [1.29, 1.82) is 0 Å². The summed E-state index contributed by atoms with van der Waals surface area (Å²) in [4.78, 5) is 3.34. The Balaban J connectivity index is 1.86. The molecule has 2 aromatic rings. The van der Waals surface area contributed by atoms with E-state index in [9.17, 15) is 0 Å². The van der Waals surface area contributed by atoms with Gasteiger partial charge in [0, 0.05) is 17.9 Å². The smallest absolute Gasteiger partial charge is 0.266 e. The third-order valence-electron chi connectivity index (χ3n) is 3.63. The summed E-state index contributed by atoms with van der Waals surface area (Å²) < 4.78 is 11.6. The van der Waals surface area contributed by atoms with E-state index in [2.05, 4.69) is 18.8 Å². The summed E-state index contributed by atoms with van der Waals surface area (Å²) in [5, 5.41) is 0. The van der Waals surface area contributed by atoms with Crippen LogP contribution in [-0.2, 0) is 5.75 Å². The molecule has 5 heteroatoms. The fourth-order valence-corrected chi connectivity index (χ4v) is 3.75. The van der Waals surface area contributed by atoms with Crippen molar-refractivity contribution in [1.82, 2.24) is 4.98 Å². The molecule has 0 amide bonds. The zero-order valence-electron chi connectivity index (χ0n) is 13.1. The second-order valence-electron chi connectivity index (χ2n) is 5.21. The molecule has 0 radical (unpaired) electrons. The van der Waals surface area contributed by atoms with Gasteiger partial charge in [-0.15, -0.1) is 0 Å². The number of nitrogens with one attached hydrogen (secondary N) is 1. The predicted octanol–water partition coefficient (Wildman–Crippen LogP) is 5.45. The van der Waals surface area contributed by atoms with Gasteiger partial charge in [0.25, 0.3) is 4.84 Å². The highest BCUT2D eigenvalue weighted by molar-refractivity contribution is 7.98. The van der Waals surface area contributed by atoms with Crippen LogP contribution in [-0.4, -0.2) is 16.8 Å². The Labute approximate surface area is 141 Å². The Bertz CT molecular complexity index is 594. The van der Waals surface area contributed by atoms with Crippen molar-refractivity contribution in [2.45, 2.75) is 38.5 Å². The molecule has 1 N–H and O–H groups in total. The number of aromatic nitrogens is 1. The molecule has 0 spiro atoms. The average Bonchev–Trinajstić information content (AvgIpc) is 2.96. The number of oxazole rings is 1. The minimum absolute atomic E-state index is 0.248. The number of thioether (sulfide) groups is 1. The molecule has 2 rings (SSSR count). The van der Waals surface area contributed by atoms with Gasteiger partial charge in [0.05, 0.1) is 5.75 Å². The van der Waals surface area contributed by atoms with Gasteiger partial charge in [-0.2, -0.15) is 11.8 Å². The van der Waals surface area contributed by atoms with Crippen LogP contribution in [0.25, 0.3) is 0 Å². The van der Waals surface area contributed by atoms with Crippen LogP contribution in [0.4, 0.5) is 0 Å². The fourth-order valence-electron chi connectivity index (χ4n) is 2.37. The van der Waals surface area contributed by atoms with Crippen LogP contribution in [0, 0.1) is 10.8 Å². The Kier molecular flexibility index (Phi) is 7.06. The van der Waals surface area contributed by atoms with Crippen molar-refractivity contribution in [3.8, 4) is 5.75 Å². The zero-order chi connectivity index (χ0) is 15.8. The number of hydrogen-bond donors (Lipinski definition) is 1. The molecule has 0 bridgehead atoms. The molecular weight excluding hydrogens is 314 g/mol. The lowest BCUT2D eigenvalue weighted by Gasteiger charge is -2.26. The van der Waals surface area contributed by atoms with Crippen LogP contribution in [0.3, 0.4) is 0 Å². The van der Waals surface area contributed by atoms with E-state index in [4.69, 9.17) is 21.4 Å². The number of aromatic amines is 1. The Morgan fingerprint density at radius 1 is 1.23 bits per heavy atom. The summed E-state index contributed by atoms with van der Waals surface area (Å²) in [7, 11) is 0. The van der Waals surface area contributed by atoms with Gasteiger partial charge in [-0.1, -0.05) is 32.0 Å². The number of rotatable bonds is 9. The molecule has 120 valence electrons. The lowest BCUT2D eigenvalue weighted by atomic mass is 9.99. The maximum absolute atomic E-state index is 6.16. The molecule has 22 heavy (non-hydrogen) atoms. The quantitative estimate of drug-likeness (QED) is 0.617. The van der Waals surface area contributed by atoms with E-state index in [1.54, 1.807) is 0 Å². The molecule has 0 fully saturated rings. The van der Waals surface area contributed by atoms with E-state index < -0.39 is 0 Å². The maximum Gasteiger partial charge on any atom is 0.266 e. The second-order valence-corrected chi connectivity index (χ2v) is 6.61. The van der Waals surface area contributed by atoms with Crippen molar-refractivity contribution in [3.63, 3.8) is 0 Å². The summed E-state index contributed by atoms with van der Waals surface area (Å²) in [6, 6.07) is 10.1. The Morgan fingerprint density at radius 2 is 2.00 bits per heavy atom. The van der Waals surface area contributed by atoms with Crippen molar-refractivity contribution in [3.05, 3.63) is 47.1 Å². The van der Waals surface area contributed by atoms with E-state index in [0.717, 1.165) is 35.9 Å². The molecular formula is C17H23NO2S2. The van der Waals surface area contributed by atoms with Crippen molar-refractivity contribution >= 4 is 24.0 Å². The highest BCUT2D eigenvalue weighted by Crippen LogP contribution is 2.25. The van der Waals surface area contributed by atoms with Gasteiger partial charge in [-0.05, 0) is 37.2 Å². The standard InChI is InChI=1S/C17H23NO2S2/c1-3-13(11-22-12-15-10-18-17(21)20-15)16(4-2)19-14-8-6-5-7-9-14/h5-10,13,16H,3-4,11-12H2,1-2H3,(H,18,21). The molecule has 1 heterocycles. The lowest BCUT2D eigenvalue weighted by molar-refractivity contribution is 0.138. The normalized spacial score (nSPS) is 13.7. The minimum atomic E-state index is 0.248. The van der Waals surface area contributed by atoms with Gasteiger partial charge >= 0.3 is 0 Å². The molecule has 2 unspecified atom stereocenters. The van der Waals surface area contributed by atoms with Crippen LogP contribution in [0.1, 0.15) is 32.4 Å². The largest absolute Gasteiger partial charge is 0.490 e. The maximum atomic E-state index is 6.16. The number of para-hydroxylation sites is 1. The molecule has 2 atom stereocenters. The van der Waals surface area contributed by atoms with Gasteiger partial charge < -0.3 is 14.1 Å². The number of hydrogen-bond acceptors (Lipinski definition) is 4. The second kappa shape index (κ2) is 9.06. The first-order chi connectivity index (χ1) is 10.7. The van der Waals surface area contributed by atoms with E-state index >= 15 is 0 Å². The highest BCUT2D eigenvalue weighted by Gasteiger charge is 2.20. The summed E-state index contributed by atoms with van der Waals surface area (Å²) >= 11 is 6.81. The topological polar surface area (TPSA) is 38.2 Å². The number of benzene rings is 1. The van der Waals surface area contributed by atoms with Crippen molar-refractivity contribution < 1.29 is 9.15 Å². The van der Waals surface area contributed by atoms with Gasteiger partial charge in [-0.3, -0.25) is 0 Å².